The molecule has 1 aromatic rings. The van der Waals surface area contributed by atoms with E-state index < -0.39 is 0 Å². The van der Waals surface area contributed by atoms with E-state index in [0.717, 1.165) is 5.56 Å². The molecule has 1 atom stereocenters. The first-order valence-electron chi connectivity index (χ1n) is 7.19. The van der Waals surface area contributed by atoms with Crippen molar-refractivity contribution < 1.29 is 19.1 Å². The Labute approximate surface area is 131 Å². The highest BCUT2D eigenvalue weighted by Gasteiger charge is 2.17. The minimum atomic E-state index is -0.187. The molecule has 0 unspecified atom stereocenters. The first kappa shape index (κ1) is 18.0. The van der Waals surface area contributed by atoms with Gasteiger partial charge in [0.15, 0.2) is 6.61 Å². The lowest BCUT2D eigenvalue weighted by Gasteiger charge is -2.21. The summed E-state index contributed by atoms with van der Waals surface area (Å²) in [6.07, 6.45) is 0.706. The van der Waals surface area contributed by atoms with Crippen LogP contribution in [0.4, 0.5) is 0 Å². The van der Waals surface area contributed by atoms with Crippen LogP contribution in [0.25, 0.3) is 0 Å². The third-order valence-electron chi connectivity index (χ3n) is 3.16. The minimum Gasteiger partial charge on any atom is -0.483 e. The van der Waals surface area contributed by atoms with Crippen LogP contribution in [0, 0.1) is 0 Å². The Morgan fingerprint density at radius 3 is 2.50 bits per heavy atom. The van der Waals surface area contributed by atoms with Crippen molar-refractivity contribution in [3.63, 3.8) is 0 Å². The quantitative estimate of drug-likeness (QED) is 0.787. The number of methoxy groups -OCH3 is 1. The number of carbonyl (C=O) groups excluding carboxylic acids is 2. The zero-order valence-corrected chi connectivity index (χ0v) is 13.6. The van der Waals surface area contributed by atoms with Crippen LogP contribution in [0.15, 0.2) is 24.3 Å². The number of benzene rings is 1. The van der Waals surface area contributed by atoms with Gasteiger partial charge < -0.3 is 19.7 Å². The summed E-state index contributed by atoms with van der Waals surface area (Å²) in [7, 11) is 4.83. The second-order valence-corrected chi connectivity index (χ2v) is 5.08. The van der Waals surface area contributed by atoms with E-state index in [0.29, 0.717) is 12.2 Å². The second kappa shape index (κ2) is 9.04. The van der Waals surface area contributed by atoms with Gasteiger partial charge in [-0.05, 0) is 12.5 Å². The molecule has 2 amide bonds. The molecule has 0 saturated heterocycles. The smallest absolute Gasteiger partial charge is 0.259 e. The molecular weight excluding hydrogens is 284 g/mol. The molecule has 6 nitrogen and oxygen atoms in total. The first-order chi connectivity index (χ1) is 10.5. The average molecular weight is 308 g/mol. The zero-order chi connectivity index (χ0) is 16.5. The van der Waals surface area contributed by atoms with Gasteiger partial charge in [-0.2, -0.15) is 0 Å². The largest absolute Gasteiger partial charge is 0.483 e. The molecular formula is C16H24N2O4. The molecule has 6 heteroatoms. The third kappa shape index (κ3) is 5.37. The number of hydrogen-bond acceptors (Lipinski definition) is 4. The van der Waals surface area contributed by atoms with Gasteiger partial charge in [-0.25, -0.2) is 0 Å². The Hall–Kier alpha value is -2.08. The molecule has 0 aliphatic carbocycles. The maximum absolute atomic E-state index is 11.7. The molecule has 0 bridgehead atoms. The first-order valence-corrected chi connectivity index (χ1v) is 7.19. The predicted octanol–water partition coefficient (Wildman–Crippen LogP) is 1.37. The van der Waals surface area contributed by atoms with E-state index in [9.17, 15) is 9.59 Å². The van der Waals surface area contributed by atoms with Gasteiger partial charge in [-0.1, -0.05) is 25.1 Å². The molecule has 22 heavy (non-hydrogen) atoms. The van der Waals surface area contributed by atoms with Crippen LogP contribution in [-0.4, -0.2) is 51.1 Å². The summed E-state index contributed by atoms with van der Waals surface area (Å²) in [6, 6.07) is 7.21. The van der Waals surface area contributed by atoms with E-state index in [1.54, 1.807) is 20.2 Å². The van der Waals surface area contributed by atoms with Crippen molar-refractivity contribution in [1.82, 2.24) is 10.2 Å². The van der Waals surface area contributed by atoms with Gasteiger partial charge in [0.25, 0.3) is 5.91 Å². The highest BCUT2D eigenvalue weighted by Crippen LogP contribution is 2.27. The Balaban J connectivity index is 2.83. The van der Waals surface area contributed by atoms with Crippen molar-refractivity contribution in [2.75, 3.05) is 34.4 Å². The van der Waals surface area contributed by atoms with Crippen LogP contribution >= 0.6 is 0 Å². The van der Waals surface area contributed by atoms with Gasteiger partial charge in [-0.15, -0.1) is 0 Å². The molecule has 0 aliphatic heterocycles. The summed E-state index contributed by atoms with van der Waals surface area (Å²) in [5.41, 5.74) is 0.848. The van der Waals surface area contributed by atoms with Gasteiger partial charge in [0, 0.05) is 26.8 Å². The van der Waals surface area contributed by atoms with Crippen LogP contribution < -0.4 is 10.1 Å². The van der Waals surface area contributed by atoms with E-state index in [-0.39, 0.29) is 31.1 Å². The fourth-order valence-corrected chi connectivity index (χ4v) is 1.94. The van der Waals surface area contributed by atoms with Crippen molar-refractivity contribution in [2.24, 2.45) is 0 Å². The lowest BCUT2D eigenvalue weighted by atomic mass is 10.0. The molecule has 0 spiro atoms. The Morgan fingerprint density at radius 2 is 1.91 bits per heavy atom. The van der Waals surface area contributed by atoms with E-state index in [1.165, 1.54) is 12.0 Å². The summed E-state index contributed by atoms with van der Waals surface area (Å²) in [4.78, 5) is 24.8. The molecule has 0 radical (unpaired) electrons. The number of ether oxygens (including phenoxy) is 2. The van der Waals surface area contributed by atoms with Crippen molar-refractivity contribution in [3.8, 4) is 5.75 Å². The summed E-state index contributed by atoms with van der Waals surface area (Å²) < 4.78 is 10.4. The van der Waals surface area contributed by atoms with E-state index in [2.05, 4.69) is 5.32 Å². The molecule has 122 valence electrons. The topological polar surface area (TPSA) is 67.9 Å². The molecule has 0 fully saturated rings. The van der Waals surface area contributed by atoms with Crippen molar-refractivity contribution in [3.05, 3.63) is 29.8 Å². The van der Waals surface area contributed by atoms with Gasteiger partial charge >= 0.3 is 0 Å². The van der Waals surface area contributed by atoms with E-state index in [1.807, 2.05) is 25.1 Å². The highest BCUT2D eigenvalue weighted by molar-refractivity contribution is 5.78. The monoisotopic (exact) mass is 308 g/mol. The highest BCUT2D eigenvalue weighted by atomic mass is 16.5. The lowest BCUT2D eigenvalue weighted by molar-refractivity contribution is -0.131. The normalized spacial score (nSPS) is 11.6. The average Bonchev–Trinajstić information content (AvgIpc) is 2.50. The number of nitrogens with zero attached hydrogens (tertiary/aromatic N) is 1. The van der Waals surface area contributed by atoms with Crippen molar-refractivity contribution >= 4 is 11.8 Å². The SMILES string of the molecule is CC[C@@H](NC(=O)COC)c1ccccc1OCC(=O)N(C)C. The number of likely N-dealkylation sites (N-methyl/N-ethyl adjacent to an activating group) is 1. The molecule has 0 aliphatic rings. The van der Waals surface area contributed by atoms with Gasteiger partial charge in [0.2, 0.25) is 5.91 Å². The fraction of sp³-hybridized carbons (Fsp3) is 0.500. The molecule has 1 N–H and O–H groups in total. The lowest BCUT2D eigenvalue weighted by Crippen LogP contribution is -2.32. The predicted molar refractivity (Wildman–Crippen MR) is 83.7 cm³/mol. The van der Waals surface area contributed by atoms with Crippen LogP contribution in [0.1, 0.15) is 24.9 Å². The molecule has 0 aromatic heterocycles. The number of para-hydroxylation sites is 1. The van der Waals surface area contributed by atoms with Crippen molar-refractivity contribution in [1.29, 1.82) is 0 Å². The van der Waals surface area contributed by atoms with Gasteiger partial charge in [-0.3, -0.25) is 9.59 Å². The number of nitrogens with one attached hydrogen (secondary N) is 1. The van der Waals surface area contributed by atoms with Crippen molar-refractivity contribution in [2.45, 2.75) is 19.4 Å². The van der Waals surface area contributed by atoms with Crippen LogP contribution in [0.2, 0.25) is 0 Å². The maximum atomic E-state index is 11.7. The van der Waals surface area contributed by atoms with E-state index in [4.69, 9.17) is 9.47 Å². The summed E-state index contributed by atoms with van der Waals surface area (Å²) in [5.74, 6) is 0.294. The molecule has 1 rings (SSSR count). The van der Waals surface area contributed by atoms with Gasteiger partial charge in [0.1, 0.15) is 12.4 Å². The molecule has 1 aromatic carbocycles. The number of hydrogen-bond donors (Lipinski definition) is 1. The van der Waals surface area contributed by atoms with Crippen LogP contribution in [-0.2, 0) is 14.3 Å². The number of carbonyl (C=O) groups is 2. The Kier molecular flexibility index (Phi) is 7.39. The fourth-order valence-electron chi connectivity index (χ4n) is 1.94. The summed E-state index contributed by atoms with van der Waals surface area (Å²) in [6.45, 7) is 1.95. The standard InChI is InChI=1S/C16H24N2O4/c1-5-13(17-15(19)10-21-4)12-8-6-7-9-14(12)22-11-16(20)18(2)3/h6-9,13H,5,10-11H2,1-4H3,(H,17,19)/t13-/m1/s1. The number of amides is 2. The third-order valence-corrected chi connectivity index (χ3v) is 3.16. The zero-order valence-electron chi connectivity index (χ0n) is 13.6. The van der Waals surface area contributed by atoms with Crippen LogP contribution in [0.5, 0.6) is 5.75 Å². The number of rotatable bonds is 8. The van der Waals surface area contributed by atoms with Crippen LogP contribution in [0.3, 0.4) is 0 Å². The maximum Gasteiger partial charge on any atom is 0.259 e. The Bertz CT molecular complexity index is 503. The molecule has 0 saturated carbocycles. The summed E-state index contributed by atoms with van der Waals surface area (Å²) >= 11 is 0. The van der Waals surface area contributed by atoms with E-state index >= 15 is 0 Å². The Morgan fingerprint density at radius 1 is 1.23 bits per heavy atom. The second-order valence-electron chi connectivity index (χ2n) is 5.08. The molecule has 0 heterocycles. The minimum absolute atomic E-state index is 0.0125. The summed E-state index contributed by atoms with van der Waals surface area (Å²) in [5, 5.41) is 2.90. The van der Waals surface area contributed by atoms with Gasteiger partial charge in [0.05, 0.1) is 6.04 Å².